The third-order valence-electron chi connectivity index (χ3n) is 4.06. The van der Waals surface area contributed by atoms with Crippen molar-refractivity contribution in [3.8, 4) is 11.5 Å². The molecule has 100 valence electrons. The Bertz CT molecular complexity index is 502. The van der Waals surface area contributed by atoms with E-state index in [1.54, 1.807) is 0 Å². The van der Waals surface area contributed by atoms with Crippen LogP contribution in [0.5, 0.6) is 11.5 Å². The highest BCUT2D eigenvalue weighted by Gasteiger charge is 2.35. The Morgan fingerprint density at radius 3 is 2.05 bits per heavy atom. The van der Waals surface area contributed by atoms with E-state index in [0.29, 0.717) is 17.4 Å². The summed E-state index contributed by atoms with van der Waals surface area (Å²) in [6.45, 7) is 1.54. The Morgan fingerprint density at radius 2 is 1.53 bits per heavy atom. The molecule has 0 saturated carbocycles. The van der Waals surface area contributed by atoms with Crippen molar-refractivity contribution in [1.82, 2.24) is 4.90 Å². The lowest BCUT2D eigenvalue weighted by Gasteiger charge is -2.17. The first-order chi connectivity index (χ1) is 9.13. The molecule has 1 aliphatic heterocycles. The number of carbonyl (C=O) groups is 1. The number of nitrogens with zero attached hydrogens (tertiary/aromatic N) is 1. The van der Waals surface area contributed by atoms with Crippen molar-refractivity contribution >= 4 is 5.91 Å². The molecule has 1 aliphatic carbocycles. The average Bonchev–Trinajstić information content (AvgIpc) is 2.80. The minimum Gasteiger partial charge on any atom is -0.508 e. The molecule has 4 nitrogen and oxygen atoms in total. The first kappa shape index (κ1) is 12.1. The number of phenolic OH excluding ortho intramolecular Hbond substituents is 2. The molecule has 19 heavy (non-hydrogen) atoms. The van der Waals surface area contributed by atoms with E-state index in [1.165, 1.54) is 18.2 Å². The van der Waals surface area contributed by atoms with Gasteiger partial charge in [-0.1, -0.05) is 12.2 Å². The molecule has 2 N–H and O–H groups in total. The van der Waals surface area contributed by atoms with Crippen LogP contribution in [-0.2, 0) is 0 Å². The molecular weight excluding hydrogens is 242 g/mol. The molecule has 0 bridgehead atoms. The maximum atomic E-state index is 12.4. The van der Waals surface area contributed by atoms with E-state index in [4.69, 9.17) is 0 Å². The molecule has 2 unspecified atom stereocenters. The minimum atomic E-state index is -0.111. The van der Waals surface area contributed by atoms with E-state index in [2.05, 4.69) is 12.2 Å². The number of amides is 1. The summed E-state index contributed by atoms with van der Waals surface area (Å²) in [4.78, 5) is 14.2. The van der Waals surface area contributed by atoms with Gasteiger partial charge in [0.1, 0.15) is 11.5 Å². The summed E-state index contributed by atoms with van der Waals surface area (Å²) in [5.41, 5.74) is 0.351. The number of allylic oxidation sites excluding steroid dienone is 2. The van der Waals surface area contributed by atoms with Crippen LogP contribution in [0, 0.1) is 11.8 Å². The number of hydrogen-bond donors (Lipinski definition) is 2. The Kier molecular flexibility index (Phi) is 2.93. The Labute approximate surface area is 112 Å². The van der Waals surface area contributed by atoms with Gasteiger partial charge in [0.2, 0.25) is 0 Å². The fourth-order valence-corrected chi connectivity index (χ4v) is 3.08. The number of rotatable bonds is 1. The van der Waals surface area contributed by atoms with Gasteiger partial charge in [-0.3, -0.25) is 4.79 Å². The summed E-state index contributed by atoms with van der Waals surface area (Å²) in [6.07, 6.45) is 6.46. The van der Waals surface area contributed by atoms with Crippen LogP contribution in [0.4, 0.5) is 0 Å². The van der Waals surface area contributed by atoms with Gasteiger partial charge in [0, 0.05) is 24.7 Å². The summed E-state index contributed by atoms with van der Waals surface area (Å²) < 4.78 is 0. The van der Waals surface area contributed by atoms with Crippen LogP contribution in [0.15, 0.2) is 30.4 Å². The van der Waals surface area contributed by atoms with Crippen molar-refractivity contribution in [3.63, 3.8) is 0 Å². The molecule has 0 spiro atoms. The lowest BCUT2D eigenvalue weighted by Crippen LogP contribution is -2.28. The standard InChI is InChI=1S/C15H17NO3/c17-13-5-12(6-14(18)7-13)15(19)16-8-10-3-1-2-4-11(10)9-16/h1-2,5-7,10-11,17-18H,3-4,8-9H2. The van der Waals surface area contributed by atoms with Gasteiger partial charge in [0.05, 0.1) is 0 Å². The molecule has 0 radical (unpaired) electrons. The van der Waals surface area contributed by atoms with Crippen LogP contribution in [0.2, 0.25) is 0 Å². The largest absolute Gasteiger partial charge is 0.508 e. The maximum Gasteiger partial charge on any atom is 0.254 e. The van der Waals surface area contributed by atoms with E-state index in [0.717, 1.165) is 25.9 Å². The van der Waals surface area contributed by atoms with E-state index in [-0.39, 0.29) is 17.4 Å². The van der Waals surface area contributed by atoms with Crippen LogP contribution >= 0.6 is 0 Å². The van der Waals surface area contributed by atoms with Crippen LogP contribution < -0.4 is 0 Å². The van der Waals surface area contributed by atoms with E-state index >= 15 is 0 Å². The Morgan fingerprint density at radius 1 is 1.00 bits per heavy atom. The van der Waals surface area contributed by atoms with Crippen molar-refractivity contribution in [2.75, 3.05) is 13.1 Å². The van der Waals surface area contributed by atoms with Gasteiger partial charge >= 0.3 is 0 Å². The zero-order valence-corrected chi connectivity index (χ0v) is 10.6. The molecule has 1 aromatic rings. The quantitative estimate of drug-likeness (QED) is 0.760. The van der Waals surface area contributed by atoms with Gasteiger partial charge in [-0.25, -0.2) is 0 Å². The SMILES string of the molecule is O=C(c1cc(O)cc(O)c1)N1CC2CC=CCC2C1. The smallest absolute Gasteiger partial charge is 0.254 e. The molecule has 2 atom stereocenters. The molecule has 1 heterocycles. The lowest BCUT2D eigenvalue weighted by molar-refractivity contribution is 0.0783. The second-order valence-electron chi connectivity index (χ2n) is 5.41. The predicted molar refractivity (Wildman–Crippen MR) is 71.0 cm³/mol. The van der Waals surface area contributed by atoms with Crippen molar-refractivity contribution in [2.45, 2.75) is 12.8 Å². The summed E-state index contributed by atoms with van der Waals surface area (Å²) in [6, 6.07) is 4.04. The number of benzene rings is 1. The molecule has 1 amide bonds. The second-order valence-corrected chi connectivity index (χ2v) is 5.41. The topological polar surface area (TPSA) is 60.8 Å². The van der Waals surface area contributed by atoms with Crippen molar-refractivity contribution < 1.29 is 15.0 Å². The number of fused-ring (bicyclic) bond motifs is 1. The number of aromatic hydroxyl groups is 2. The van der Waals surface area contributed by atoms with E-state index in [1.807, 2.05) is 4.90 Å². The molecule has 1 aromatic carbocycles. The zero-order valence-electron chi connectivity index (χ0n) is 10.6. The van der Waals surface area contributed by atoms with Gasteiger partial charge in [-0.15, -0.1) is 0 Å². The molecular formula is C15H17NO3. The van der Waals surface area contributed by atoms with Crippen LogP contribution in [0.25, 0.3) is 0 Å². The molecule has 2 aliphatic rings. The zero-order chi connectivity index (χ0) is 13.4. The maximum absolute atomic E-state index is 12.4. The van der Waals surface area contributed by atoms with Crippen molar-refractivity contribution in [2.24, 2.45) is 11.8 Å². The lowest BCUT2D eigenvalue weighted by atomic mass is 9.86. The molecule has 1 saturated heterocycles. The summed E-state index contributed by atoms with van der Waals surface area (Å²) in [5, 5.41) is 18.9. The number of hydrogen-bond acceptors (Lipinski definition) is 3. The number of phenols is 2. The molecule has 1 fully saturated rings. The predicted octanol–water partition coefficient (Wildman–Crippen LogP) is 2.14. The third-order valence-corrected chi connectivity index (χ3v) is 4.06. The van der Waals surface area contributed by atoms with Gasteiger partial charge in [0.25, 0.3) is 5.91 Å². The third kappa shape index (κ3) is 2.30. The monoisotopic (exact) mass is 259 g/mol. The molecule has 3 rings (SSSR count). The van der Waals surface area contributed by atoms with Crippen molar-refractivity contribution in [1.29, 1.82) is 0 Å². The summed E-state index contributed by atoms with van der Waals surface area (Å²) in [5.74, 6) is 0.837. The van der Waals surface area contributed by atoms with Crippen LogP contribution in [0.1, 0.15) is 23.2 Å². The first-order valence-corrected chi connectivity index (χ1v) is 6.61. The second kappa shape index (κ2) is 4.61. The highest BCUT2D eigenvalue weighted by Crippen LogP contribution is 2.34. The van der Waals surface area contributed by atoms with Gasteiger partial charge in [0.15, 0.2) is 0 Å². The van der Waals surface area contributed by atoms with Crippen LogP contribution in [-0.4, -0.2) is 34.1 Å². The van der Waals surface area contributed by atoms with Crippen molar-refractivity contribution in [3.05, 3.63) is 35.9 Å². The fraction of sp³-hybridized carbons (Fsp3) is 0.400. The minimum absolute atomic E-state index is 0.0818. The average molecular weight is 259 g/mol. The fourth-order valence-electron chi connectivity index (χ4n) is 3.08. The highest BCUT2D eigenvalue weighted by atomic mass is 16.3. The van der Waals surface area contributed by atoms with Crippen LogP contribution in [0.3, 0.4) is 0 Å². The summed E-state index contributed by atoms with van der Waals surface area (Å²) in [7, 11) is 0. The first-order valence-electron chi connectivity index (χ1n) is 6.61. The van der Waals surface area contributed by atoms with E-state index in [9.17, 15) is 15.0 Å². The molecule has 4 heteroatoms. The highest BCUT2D eigenvalue weighted by molar-refractivity contribution is 5.95. The Hall–Kier alpha value is -1.97. The number of likely N-dealkylation sites (tertiary alicyclic amines) is 1. The molecule has 0 aromatic heterocycles. The van der Waals surface area contributed by atoms with Gasteiger partial charge in [-0.2, -0.15) is 0 Å². The summed E-state index contributed by atoms with van der Waals surface area (Å²) >= 11 is 0. The van der Waals surface area contributed by atoms with Gasteiger partial charge < -0.3 is 15.1 Å². The van der Waals surface area contributed by atoms with Gasteiger partial charge in [-0.05, 0) is 36.8 Å². The number of carbonyl (C=O) groups excluding carboxylic acids is 1. The Balaban J connectivity index is 1.78. The van der Waals surface area contributed by atoms with E-state index < -0.39 is 0 Å². The normalized spacial score (nSPS) is 25.4.